The van der Waals surface area contributed by atoms with Crippen LogP contribution in [0, 0.1) is 5.41 Å². The number of carbonyl (C=O) groups is 2. The number of rotatable bonds is 3. The Morgan fingerprint density at radius 2 is 1.62 bits per heavy atom. The standard InChI is InChI=1S/C4H7NO4.CH5N3/c5-2(4(8)9)1-3(6)7;2-1(3)4/h2H,1,5H2,(H,6,7)(H,8,9);(H5,2,3,4)/t2-;/m0./s1. The zero-order valence-electron chi connectivity index (χ0n) is 6.73. The van der Waals surface area contributed by atoms with Crippen LogP contribution < -0.4 is 17.2 Å². The summed E-state index contributed by atoms with van der Waals surface area (Å²) in [6.07, 6.45) is -0.532. The third kappa shape index (κ3) is 17.8. The van der Waals surface area contributed by atoms with Crippen LogP contribution in [0.2, 0.25) is 0 Å². The fourth-order valence-corrected chi connectivity index (χ4v) is 0.275. The third-order valence-corrected chi connectivity index (χ3v) is 0.712. The van der Waals surface area contributed by atoms with Crippen LogP contribution in [0.3, 0.4) is 0 Å². The van der Waals surface area contributed by atoms with Gasteiger partial charge in [0, 0.05) is 0 Å². The van der Waals surface area contributed by atoms with Crippen LogP contribution in [0.5, 0.6) is 0 Å². The topological polar surface area (TPSA) is 177 Å². The predicted octanol–water partition coefficient (Wildman–Crippen LogP) is -2.29. The molecule has 0 aliphatic rings. The van der Waals surface area contributed by atoms with Gasteiger partial charge in [0.05, 0.1) is 6.42 Å². The summed E-state index contributed by atoms with van der Waals surface area (Å²) in [7, 11) is 0. The van der Waals surface area contributed by atoms with E-state index in [-0.39, 0.29) is 5.96 Å². The first-order chi connectivity index (χ1) is 5.77. The summed E-state index contributed by atoms with van der Waals surface area (Å²) in [5, 5.41) is 22.1. The average molecular weight is 192 g/mol. The highest BCUT2D eigenvalue weighted by Gasteiger charge is 2.14. The summed E-state index contributed by atoms with van der Waals surface area (Å²) in [5.74, 6) is -2.83. The molecule has 0 aliphatic heterocycles. The first kappa shape index (κ1) is 13.7. The minimum Gasteiger partial charge on any atom is -0.481 e. The van der Waals surface area contributed by atoms with Crippen molar-refractivity contribution in [2.45, 2.75) is 12.5 Å². The van der Waals surface area contributed by atoms with Crippen molar-refractivity contribution in [3.63, 3.8) is 0 Å². The number of nitrogens with one attached hydrogen (secondary N) is 1. The molecular weight excluding hydrogens is 180 g/mol. The smallest absolute Gasteiger partial charge is 0.321 e. The molecule has 0 rings (SSSR count). The van der Waals surface area contributed by atoms with E-state index in [4.69, 9.17) is 21.4 Å². The lowest BCUT2D eigenvalue weighted by atomic mass is 10.2. The van der Waals surface area contributed by atoms with Crippen molar-refractivity contribution in [1.82, 2.24) is 0 Å². The summed E-state index contributed by atoms with van der Waals surface area (Å²) in [4.78, 5) is 19.6. The lowest BCUT2D eigenvalue weighted by molar-refractivity contribution is -0.144. The van der Waals surface area contributed by atoms with Crippen molar-refractivity contribution >= 4 is 17.9 Å². The fraction of sp³-hybridized carbons (Fsp3) is 0.400. The largest absolute Gasteiger partial charge is 0.481 e. The molecule has 9 N–H and O–H groups in total. The second-order valence-corrected chi connectivity index (χ2v) is 2.00. The lowest BCUT2D eigenvalue weighted by Gasteiger charge is -1.99. The second-order valence-electron chi connectivity index (χ2n) is 2.00. The molecule has 0 amide bonds. The van der Waals surface area contributed by atoms with Crippen molar-refractivity contribution in [3.05, 3.63) is 0 Å². The Labute approximate surface area is 73.8 Å². The lowest BCUT2D eigenvalue weighted by Crippen LogP contribution is -2.32. The Kier molecular flexibility index (Phi) is 7.24. The zero-order valence-corrected chi connectivity index (χ0v) is 6.73. The average Bonchev–Trinajstić information content (AvgIpc) is 1.83. The van der Waals surface area contributed by atoms with Crippen molar-refractivity contribution in [1.29, 1.82) is 5.41 Å². The number of guanidine groups is 1. The Bertz CT molecular complexity index is 201. The van der Waals surface area contributed by atoms with Crippen LogP contribution in [0.15, 0.2) is 0 Å². The first-order valence-corrected chi connectivity index (χ1v) is 3.07. The number of nitrogens with two attached hydrogens (primary N) is 3. The molecule has 0 saturated heterocycles. The van der Waals surface area contributed by atoms with Gasteiger partial charge in [0.2, 0.25) is 0 Å². The summed E-state index contributed by atoms with van der Waals surface area (Å²) in [6, 6.07) is -1.29. The predicted molar refractivity (Wildman–Crippen MR) is 44.0 cm³/mol. The minimum atomic E-state index is -1.29. The van der Waals surface area contributed by atoms with Crippen LogP contribution in [-0.4, -0.2) is 34.2 Å². The quantitative estimate of drug-likeness (QED) is 0.215. The van der Waals surface area contributed by atoms with E-state index in [2.05, 4.69) is 11.5 Å². The highest BCUT2D eigenvalue weighted by molar-refractivity contribution is 5.80. The first-order valence-electron chi connectivity index (χ1n) is 3.07. The van der Waals surface area contributed by atoms with Crippen LogP contribution in [0.4, 0.5) is 0 Å². The van der Waals surface area contributed by atoms with Crippen molar-refractivity contribution in [2.75, 3.05) is 0 Å². The van der Waals surface area contributed by atoms with Gasteiger partial charge in [-0.3, -0.25) is 15.0 Å². The molecule has 0 fully saturated rings. The monoisotopic (exact) mass is 192 g/mol. The maximum Gasteiger partial charge on any atom is 0.321 e. The molecule has 1 atom stereocenters. The van der Waals surface area contributed by atoms with Crippen LogP contribution in [0.25, 0.3) is 0 Å². The van der Waals surface area contributed by atoms with Gasteiger partial charge in [-0.2, -0.15) is 0 Å². The molecule has 0 aromatic heterocycles. The summed E-state index contributed by atoms with van der Waals surface area (Å²) in [5.41, 5.74) is 13.8. The van der Waals surface area contributed by atoms with Crippen LogP contribution in [0.1, 0.15) is 6.42 Å². The van der Waals surface area contributed by atoms with E-state index in [9.17, 15) is 9.59 Å². The van der Waals surface area contributed by atoms with Gasteiger partial charge in [-0.1, -0.05) is 0 Å². The molecule has 76 valence electrons. The van der Waals surface area contributed by atoms with E-state index in [0.29, 0.717) is 0 Å². The third-order valence-electron chi connectivity index (χ3n) is 0.712. The molecular formula is C5H12N4O4. The highest BCUT2D eigenvalue weighted by Crippen LogP contribution is 1.86. The molecule has 13 heavy (non-hydrogen) atoms. The number of carboxylic acids is 2. The molecule has 0 aromatic rings. The zero-order chi connectivity index (χ0) is 11.0. The van der Waals surface area contributed by atoms with E-state index in [1.54, 1.807) is 0 Å². The second kappa shape index (κ2) is 6.85. The molecule has 0 bridgehead atoms. The Hall–Kier alpha value is -1.83. The number of hydrogen-bond donors (Lipinski definition) is 6. The van der Waals surface area contributed by atoms with Gasteiger partial charge < -0.3 is 27.4 Å². The molecule has 0 spiro atoms. The molecule has 8 nitrogen and oxygen atoms in total. The Morgan fingerprint density at radius 3 is 1.69 bits per heavy atom. The van der Waals surface area contributed by atoms with E-state index < -0.39 is 24.4 Å². The van der Waals surface area contributed by atoms with Gasteiger partial charge >= 0.3 is 11.9 Å². The maximum atomic E-state index is 9.85. The van der Waals surface area contributed by atoms with Crippen LogP contribution >= 0.6 is 0 Å². The van der Waals surface area contributed by atoms with Crippen molar-refractivity contribution in [3.8, 4) is 0 Å². The molecule has 0 heterocycles. The highest BCUT2D eigenvalue weighted by atomic mass is 16.4. The van der Waals surface area contributed by atoms with Gasteiger partial charge in [0.15, 0.2) is 5.96 Å². The summed E-state index contributed by atoms with van der Waals surface area (Å²) >= 11 is 0. The summed E-state index contributed by atoms with van der Waals surface area (Å²) in [6.45, 7) is 0. The normalized spacial score (nSPS) is 10.5. The SMILES string of the molecule is N=C(N)N.N[C@@H](CC(=O)O)C(=O)O. The maximum absolute atomic E-state index is 9.85. The van der Waals surface area contributed by atoms with Gasteiger partial charge in [-0.25, -0.2) is 0 Å². The van der Waals surface area contributed by atoms with E-state index in [0.717, 1.165) is 0 Å². The van der Waals surface area contributed by atoms with Crippen molar-refractivity contribution in [2.24, 2.45) is 17.2 Å². The van der Waals surface area contributed by atoms with Gasteiger partial charge in [-0.15, -0.1) is 0 Å². The van der Waals surface area contributed by atoms with Crippen molar-refractivity contribution < 1.29 is 19.8 Å². The van der Waals surface area contributed by atoms with E-state index >= 15 is 0 Å². The molecule has 0 aromatic carbocycles. The molecule has 0 aliphatic carbocycles. The molecule has 8 heteroatoms. The molecule has 0 unspecified atom stereocenters. The molecule has 0 radical (unpaired) electrons. The van der Waals surface area contributed by atoms with Gasteiger partial charge in [0.25, 0.3) is 0 Å². The Balaban J connectivity index is 0. The number of hydrogen-bond acceptors (Lipinski definition) is 4. The van der Waals surface area contributed by atoms with Gasteiger partial charge in [-0.05, 0) is 0 Å². The minimum absolute atomic E-state index is 0.333. The van der Waals surface area contributed by atoms with Crippen LogP contribution in [-0.2, 0) is 9.59 Å². The van der Waals surface area contributed by atoms with E-state index in [1.165, 1.54) is 0 Å². The number of aliphatic carboxylic acids is 2. The van der Waals surface area contributed by atoms with Gasteiger partial charge in [0.1, 0.15) is 6.04 Å². The van der Waals surface area contributed by atoms with E-state index in [1.807, 2.05) is 0 Å². The fourth-order valence-electron chi connectivity index (χ4n) is 0.275. The summed E-state index contributed by atoms with van der Waals surface area (Å²) < 4.78 is 0. The number of carboxylic acid groups (broad SMARTS) is 2. The Morgan fingerprint density at radius 1 is 1.31 bits per heavy atom. The molecule has 0 saturated carbocycles.